The van der Waals surface area contributed by atoms with Crippen LogP contribution in [0, 0.1) is 0 Å². The summed E-state index contributed by atoms with van der Waals surface area (Å²) in [4.78, 5) is 44.9. The van der Waals surface area contributed by atoms with Crippen LogP contribution in [0.2, 0.25) is 5.02 Å². The van der Waals surface area contributed by atoms with Gasteiger partial charge in [0.15, 0.2) is 29.8 Å². The molecule has 0 radical (unpaired) electrons. The number of benzene rings is 1. The van der Waals surface area contributed by atoms with Gasteiger partial charge in [-0.1, -0.05) is 23.6 Å². The van der Waals surface area contributed by atoms with Crippen molar-refractivity contribution < 1.29 is 24.2 Å². The van der Waals surface area contributed by atoms with Crippen LogP contribution in [-0.2, 0) is 20.9 Å². The average molecular weight is 614 g/mol. The molecule has 3 N–H and O–H groups in total. The van der Waals surface area contributed by atoms with Crippen molar-refractivity contribution in [1.29, 1.82) is 0 Å². The molecule has 0 bridgehead atoms. The molecule has 2 fully saturated rings. The van der Waals surface area contributed by atoms with E-state index in [1.165, 1.54) is 24.3 Å². The number of aromatic nitrogens is 4. The van der Waals surface area contributed by atoms with E-state index in [1.54, 1.807) is 18.2 Å². The van der Waals surface area contributed by atoms with Gasteiger partial charge in [0.1, 0.15) is 30.3 Å². The summed E-state index contributed by atoms with van der Waals surface area (Å²) in [5, 5.41) is 20.6. The molecule has 4 atom stereocenters. The number of imidazole rings is 1. The molecule has 0 unspecified atom stereocenters. The lowest BCUT2D eigenvalue weighted by Gasteiger charge is -2.34. The van der Waals surface area contributed by atoms with Gasteiger partial charge in [-0.05, 0) is 30.3 Å². The molecule has 228 valence electrons. The fourth-order valence-corrected chi connectivity index (χ4v) is 5.35. The Morgan fingerprint density at radius 3 is 2.77 bits per heavy atom. The number of piperazine rings is 1. The number of hydrogen-bond donors (Lipinski definition) is 3. The number of carbonyl (C=O) groups is 2. The van der Waals surface area contributed by atoms with Gasteiger partial charge in [0.2, 0.25) is 5.91 Å². The second kappa shape index (κ2) is 13.4. The Morgan fingerprint density at radius 1 is 1.26 bits per heavy atom. The van der Waals surface area contributed by atoms with Crippen LogP contribution >= 0.6 is 11.6 Å². The highest BCUT2D eigenvalue weighted by molar-refractivity contribution is 6.30. The number of fused-ring (bicyclic) bond motifs is 1. The number of halogens is 1. The molecule has 3 aromatic rings. The lowest BCUT2D eigenvalue weighted by Crippen LogP contribution is -2.49. The van der Waals surface area contributed by atoms with Crippen molar-refractivity contribution in [3.05, 3.63) is 51.9 Å². The number of hydrogen-bond acceptors (Lipinski definition) is 11. The summed E-state index contributed by atoms with van der Waals surface area (Å²) >= 11 is 6.27. The largest absolute Gasteiger partial charge is 0.483 e. The molecule has 5 rings (SSSR count). The number of carbonyl (C=O) groups excluding carboxylic acids is 2. The summed E-state index contributed by atoms with van der Waals surface area (Å²) in [5.41, 5.74) is 10.3. The maximum atomic E-state index is 12.8. The van der Waals surface area contributed by atoms with E-state index in [1.807, 2.05) is 4.90 Å². The van der Waals surface area contributed by atoms with Gasteiger partial charge in [0.25, 0.3) is 5.91 Å². The molecule has 17 heteroatoms. The number of rotatable bonds is 10. The Morgan fingerprint density at radius 2 is 2.05 bits per heavy atom. The Bertz CT molecular complexity index is 1520. The van der Waals surface area contributed by atoms with E-state index in [9.17, 15) is 14.7 Å². The van der Waals surface area contributed by atoms with Crippen LogP contribution in [-0.4, -0.2) is 111 Å². The normalized spacial score (nSPS) is 22.3. The van der Waals surface area contributed by atoms with E-state index in [4.69, 9.17) is 26.6 Å². The van der Waals surface area contributed by atoms with Crippen LogP contribution in [0.15, 0.2) is 36.0 Å². The zero-order valence-electron chi connectivity index (χ0n) is 23.6. The van der Waals surface area contributed by atoms with Gasteiger partial charge in [-0.2, -0.15) is 0 Å². The number of nitrogens with zero attached hydrogens (tertiary/aromatic N) is 9. The molecule has 2 saturated heterocycles. The number of aliphatic hydroxyl groups excluding tert-OH is 1. The first-order chi connectivity index (χ1) is 20.8. The van der Waals surface area contributed by atoms with Crippen LogP contribution in [0.5, 0.6) is 5.75 Å². The summed E-state index contributed by atoms with van der Waals surface area (Å²) in [6.45, 7) is 6.23. The highest BCUT2D eigenvalue weighted by Gasteiger charge is 2.48. The molecule has 2 aliphatic rings. The minimum Gasteiger partial charge on any atom is -0.483 e. The van der Waals surface area contributed by atoms with E-state index in [0.29, 0.717) is 46.4 Å². The molecule has 2 aliphatic heterocycles. The lowest BCUT2D eigenvalue weighted by molar-refractivity contribution is -0.135. The molecule has 0 saturated carbocycles. The molecular weight excluding hydrogens is 582 g/mol. The standard InChI is InChI=1S/C26H32ClN11O5/c1-3-36-6-8-37(9-7-36)18(39)12-42-17-5-4-16(27)10-15(17)11-30-23-20-24(32-13-31-23)38(14-33-20)26-21(40)19(34-35-28)22(43-26)25(41)29-2/h4-5,10,13-14,19,21-22,26,40H,3,6-9,11-12H2,1-2H3,(H,29,41)(H,30,31,32)/t19-,21+,22-,26+/m0/s1. The summed E-state index contributed by atoms with van der Waals surface area (Å²) < 4.78 is 13.2. The highest BCUT2D eigenvalue weighted by Crippen LogP contribution is 2.34. The molecular formula is C26H32ClN11O5. The number of amides is 2. The Hall–Kier alpha value is -4.21. The van der Waals surface area contributed by atoms with Crippen LogP contribution in [0.25, 0.3) is 21.6 Å². The predicted octanol–water partition coefficient (Wildman–Crippen LogP) is 1.32. The molecule has 16 nitrogen and oxygen atoms in total. The van der Waals surface area contributed by atoms with Crippen molar-refractivity contribution in [2.45, 2.75) is 37.9 Å². The van der Waals surface area contributed by atoms with Gasteiger partial charge in [-0.3, -0.25) is 14.2 Å². The number of aliphatic hydroxyl groups is 1. The number of nitrogens with one attached hydrogen (secondary N) is 2. The summed E-state index contributed by atoms with van der Waals surface area (Å²) in [7, 11) is 1.42. The third-order valence-corrected chi connectivity index (χ3v) is 7.79. The predicted molar refractivity (Wildman–Crippen MR) is 155 cm³/mol. The minimum atomic E-state index is -1.34. The third-order valence-electron chi connectivity index (χ3n) is 7.55. The Balaban J connectivity index is 1.30. The fraction of sp³-hybridized carbons (Fsp3) is 0.500. The van der Waals surface area contributed by atoms with Crippen LogP contribution in [0.1, 0.15) is 18.7 Å². The van der Waals surface area contributed by atoms with E-state index in [0.717, 1.165) is 19.6 Å². The van der Waals surface area contributed by atoms with Gasteiger partial charge in [0, 0.05) is 55.3 Å². The van der Waals surface area contributed by atoms with Crippen molar-refractivity contribution >= 4 is 40.4 Å². The molecule has 0 spiro atoms. The van der Waals surface area contributed by atoms with Gasteiger partial charge in [0.05, 0.1) is 6.33 Å². The highest BCUT2D eigenvalue weighted by atomic mass is 35.5. The Kier molecular flexibility index (Phi) is 9.43. The molecule has 2 aromatic heterocycles. The average Bonchev–Trinajstić information content (AvgIpc) is 3.60. The first kappa shape index (κ1) is 30.3. The summed E-state index contributed by atoms with van der Waals surface area (Å²) in [5.74, 6) is 0.257. The van der Waals surface area contributed by atoms with Crippen molar-refractivity contribution in [3.8, 4) is 5.75 Å². The van der Waals surface area contributed by atoms with Gasteiger partial charge in [-0.25, -0.2) is 15.0 Å². The summed E-state index contributed by atoms with van der Waals surface area (Å²) in [6, 6.07) is 4.00. The number of ether oxygens (including phenoxy) is 2. The van der Waals surface area contributed by atoms with E-state index < -0.39 is 30.4 Å². The van der Waals surface area contributed by atoms with Gasteiger partial charge < -0.3 is 35.0 Å². The maximum Gasteiger partial charge on any atom is 0.260 e. The molecule has 4 heterocycles. The third kappa shape index (κ3) is 6.43. The monoisotopic (exact) mass is 613 g/mol. The first-order valence-corrected chi connectivity index (χ1v) is 14.1. The van der Waals surface area contributed by atoms with E-state index >= 15 is 0 Å². The topological polar surface area (TPSA) is 196 Å². The molecule has 0 aliphatic carbocycles. The Labute approximate surface area is 251 Å². The smallest absolute Gasteiger partial charge is 0.260 e. The quantitative estimate of drug-likeness (QED) is 0.170. The first-order valence-electron chi connectivity index (χ1n) is 13.8. The molecule has 1 aromatic carbocycles. The maximum absolute atomic E-state index is 12.8. The van der Waals surface area contributed by atoms with E-state index in [2.05, 4.69) is 47.4 Å². The molecule has 43 heavy (non-hydrogen) atoms. The van der Waals surface area contributed by atoms with Crippen molar-refractivity contribution in [2.24, 2.45) is 5.11 Å². The second-order valence-corrected chi connectivity index (χ2v) is 10.4. The SMILES string of the molecule is CCN1CCN(C(=O)COc2ccc(Cl)cc2CNc2ncnc3c2ncn3[C@@H]2O[C@H](C(=O)NC)[C@@H](N=[N+]=[N-])[C@H]2O)CC1. The van der Waals surface area contributed by atoms with Crippen molar-refractivity contribution in [1.82, 2.24) is 34.6 Å². The number of anilines is 1. The second-order valence-electron chi connectivity index (χ2n) is 10.0. The van der Waals surface area contributed by atoms with E-state index in [-0.39, 0.29) is 19.1 Å². The lowest BCUT2D eigenvalue weighted by atomic mass is 10.1. The zero-order chi connectivity index (χ0) is 30.5. The van der Waals surface area contributed by atoms with Crippen LogP contribution in [0.3, 0.4) is 0 Å². The minimum absolute atomic E-state index is 0.0784. The zero-order valence-corrected chi connectivity index (χ0v) is 24.4. The fourth-order valence-electron chi connectivity index (χ4n) is 5.15. The number of azide groups is 1. The van der Waals surface area contributed by atoms with Crippen LogP contribution in [0.4, 0.5) is 5.82 Å². The van der Waals surface area contributed by atoms with Crippen molar-refractivity contribution in [2.75, 3.05) is 51.7 Å². The summed E-state index contributed by atoms with van der Waals surface area (Å²) in [6.07, 6.45) is -0.922. The number of likely N-dealkylation sites (N-methyl/N-ethyl adjacent to an activating group) is 2. The molecule has 2 amide bonds. The van der Waals surface area contributed by atoms with Gasteiger partial charge >= 0.3 is 0 Å². The van der Waals surface area contributed by atoms with Crippen LogP contribution < -0.4 is 15.4 Å². The van der Waals surface area contributed by atoms with Gasteiger partial charge in [-0.15, -0.1) is 0 Å². The van der Waals surface area contributed by atoms with Crippen molar-refractivity contribution in [3.63, 3.8) is 0 Å².